The number of likely N-dealkylation sites (tertiary alicyclic amines) is 1. The fraction of sp³-hybridized carbons (Fsp3) is 0.417. The summed E-state index contributed by atoms with van der Waals surface area (Å²) in [5.41, 5.74) is 0.645. The van der Waals surface area contributed by atoms with E-state index in [4.69, 9.17) is 23.2 Å². The maximum atomic E-state index is 11.8. The van der Waals surface area contributed by atoms with Crippen molar-refractivity contribution in [2.24, 2.45) is 0 Å². The Morgan fingerprint density at radius 1 is 1.18 bits per heavy atom. The minimum Gasteiger partial charge on any atom is -0.325 e. The lowest BCUT2D eigenvalue weighted by Gasteiger charge is -2.14. The van der Waals surface area contributed by atoms with Gasteiger partial charge in [0, 0.05) is 15.7 Å². The van der Waals surface area contributed by atoms with Gasteiger partial charge in [0.2, 0.25) is 5.91 Å². The normalized spacial score (nSPS) is 16.1. The van der Waals surface area contributed by atoms with Crippen molar-refractivity contribution in [3.63, 3.8) is 0 Å². The predicted molar refractivity (Wildman–Crippen MR) is 70.8 cm³/mol. The summed E-state index contributed by atoms with van der Waals surface area (Å²) in [6, 6.07) is 5.02. The Morgan fingerprint density at radius 3 is 2.35 bits per heavy atom. The highest BCUT2D eigenvalue weighted by molar-refractivity contribution is 6.35. The second-order valence-electron chi connectivity index (χ2n) is 4.19. The Kier molecular flexibility index (Phi) is 4.26. The van der Waals surface area contributed by atoms with Gasteiger partial charge in [-0.2, -0.15) is 0 Å². The lowest BCUT2D eigenvalue weighted by molar-refractivity contribution is -0.117. The SMILES string of the molecule is O=C(CN1CCCC1)Nc1cc(Cl)cc(Cl)c1. The average molecular weight is 273 g/mol. The van der Waals surface area contributed by atoms with Crippen LogP contribution in [0.2, 0.25) is 10.0 Å². The molecule has 0 radical (unpaired) electrons. The van der Waals surface area contributed by atoms with Crippen LogP contribution in [0.4, 0.5) is 5.69 Å². The minimum atomic E-state index is -0.0229. The summed E-state index contributed by atoms with van der Waals surface area (Å²) in [5.74, 6) is -0.0229. The molecule has 1 amide bonds. The summed E-state index contributed by atoms with van der Waals surface area (Å²) in [4.78, 5) is 13.9. The number of nitrogens with one attached hydrogen (secondary N) is 1. The van der Waals surface area contributed by atoms with Crippen LogP contribution >= 0.6 is 23.2 Å². The molecule has 17 heavy (non-hydrogen) atoms. The zero-order valence-electron chi connectivity index (χ0n) is 9.38. The highest BCUT2D eigenvalue weighted by Gasteiger charge is 2.15. The molecule has 0 bridgehead atoms. The molecule has 1 aliphatic heterocycles. The van der Waals surface area contributed by atoms with Gasteiger partial charge in [0.25, 0.3) is 0 Å². The monoisotopic (exact) mass is 272 g/mol. The van der Waals surface area contributed by atoms with Crippen LogP contribution in [0.1, 0.15) is 12.8 Å². The van der Waals surface area contributed by atoms with Gasteiger partial charge < -0.3 is 5.32 Å². The van der Waals surface area contributed by atoms with Crippen molar-refractivity contribution in [1.82, 2.24) is 4.90 Å². The van der Waals surface area contributed by atoms with E-state index in [2.05, 4.69) is 10.2 Å². The lowest BCUT2D eigenvalue weighted by Crippen LogP contribution is -2.30. The number of nitrogens with zero attached hydrogens (tertiary/aromatic N) is 1. The molecule has 1 aromatic rings. The van der Waals surface area contributed by atoms with Gasteiger partial charge in [-0.15, -0.1) is 0 Å². The molecule has 1 heterocycles. The van der Waals surface area contributed by atoms with E-state index in [-0.39, 0.29) is 5.91 Å². The van der Waals surface area contributed by atoms with Gasteiger partial charge in [0.1, 0.15) is 0 Å². The molecule has 1 saturated heterocycles. The summed E-state index contributed by atoms with van der Waals surface area (Å²) in [7, 11) is 0. The van der Waals surface area contributed by atoms with Crippen molar-refractivity contribution in [3.8, 4) is 0 Å². The van der Waals surface area contributed by atoms with E-state index in [0.29, 0.717) is 22.3 Å². The van der Waals surface area contributed by atoms with E-state index in [0.717, 1.165) is 13.1 Å². The van der Waals surface area contributed by atoms with Gasteiger partial charge in [-0.3, -0.25) is 9.69 Å². The molecule has 1 aromatic carbocycles. The Morgan fingerprint density at radius 2 is 1.76 bits per heavy atom. The van der Waals surface area contributed by atoms with Crippen molar-refractivity contribution >= 4 is 34.8 Å². The molecule has 2 rings (SSSR count). The van der Waals surface area contributed by atoms with Crippen LogP contribution in [0.5, 0.6) is 0 Å². The smallest absolute Gasteiger partial charge is 0.238 e. The molecule has 0 spiro atoms. The molecule has 0 atom stereocenters. The molecule has 1 N–H and O–H groups in total. The quantitative estimate of drug-likeness (QED) is 0.918. The Bertz CT molecular complexity index is 397. The van der Waals surface area contributed by atoms with Crippen LogP contribution in [-0.2, 0) is 4.79 Å². The standard InChI is InChI=1S/C12H14Cl2N2O/c13-9-5-10(14)7-11(6-9)15-12(17)8-16-3-1-2-4-16/h5-7H,1-4,8H2,(H,15,17). The third-order valence-electron chi connectivity index (χ3n) is 2.71. The van der Waals surface area contributed by atoms with Crippen LogP contribution in [0.25, 0.3) is 0 Å². The fourth-order valence-corrected chi connectivity index (χ4v) is 2.50. The third kappa shape index (κ3) is 3.87. The molecule has 0 saturated carbocycles. The second-order valence-corrected chi connectivity index (χ2v) is 5.06. The zero-order chi connectivity index (χ0) is 12.3. The minimum absolute atomic E-state index is 0.0229. The summed E-state index contributed by atoms with van der Waals surface area (Å²) in [5, 5.41) is 3.85. The van der Waals surface area contributed by atoms with Gasteiger partial charge in [0.15, 0.2) is 0 Å². The number of carbonyl (C=O) groups excluding carboxylic acids is 1. The number of anilines is 1. The van der Waals surface area contributed by atoms with Crippen LogP contribution < -0.4 is 5.32 Å². The molecule has 0 aromatic heterocycles. The largest absolute Gasteiger partial charge is 0.325 e. The first-order chi connectivity index (χ1) is 8.13. The van der Waals surface area contributed by atoms with Crippen LogP contribution in [-0.4, -0.2) is 30.4 Å². The van der Waals surface area contributed by atoms with Crippen molar-refractivity contribution < 1.29 is 4.79 Å². The summed E-state index contributed by atoms with van der Waals surface area (Å²) in [6.45, 7) is 2.44. The number of halogens is 2. The number of amides is 1. The number of hydrogen-bond donors (Lipinski definition) is 1. The summed E-state index contributed by atoms with van der Waals surface area (Å²) in [6.07, 6.45) is 2.35. The van der Waals surface area contributed by atoms with Crippen molar-refractivity contribution in [1.29, 1.82) is 0 Å². The predicted octanol–water partition coefficient (Wildman–Crippen LogP) is 3.03. The second kappa shape index (κ2) is 5.71. The van der Waals surface area contributed by atoms with Gasteiger partial charge >= 0.3 is 0 Å². The van der Waals surface area contributed by atoms with E-state index in [1.165, 1.54) is 12.8 Å². The highest BCUT2D eigenvalue weighted by Crippen LogP contribution is 2.22. The lowest BCUT2D eigenvalue weighted by atomic mass is 10.3. The summed E-state index contributed by atoms with van der Waals surface area (Å²) < 4.78 is 0. The number of carbonyl (C=O) groups is 1. The molecule has 1 aliphatic rings. The molecule has 1 fully saturated rings. The molecule has 3 nitrogen and oxygen atoms in total. The van der Waals surface area contributed by atoms with Crippen molar-refractivity contribution in [2.45, 2.75) is 12.8 Å². The van der Waals surface area contributed by atoms with E-state index >= 15 is 0 Å². The Hall–Kier alpha value is -0.770. The van der Waals surface area contributed by atoms with Gasteiger partial charge in [-0.1, -0.05) is 23.2 Å². The average Bonchev–Trinajstić information content (AvgIpc) is 2.67. The van der Waals surface area contributed by atoms with Crippen LogP contribution in [0.3, 0.4) is 0 Å². The number of rotatable bonds is 3. The van der Waals surface area contributed by atoms with E-state index in [1.54, 1.807) is 18.2 Å². The number of benzene rings is 1. The third-order valence-corrected chi connectivity index (χ3v) is 3.15. The van der Waals surface area contributed by atoms with Gasteiger partial charge in [-0.05, 0) is 44.1 Å². The van der Waals surface area contributed by atoms with Gasteiger partial charge in [0.05, 0.1) is 6.54 Å². The first kappa shape index (κ1) is 12.7. The van der Waals surface area contributed by atoms with E-state index < -0.39 is 0 Å². The highest BCUT2D eigenvalue weighted by atomic mass is 35.5. The topological polar surface area (TPSA) is 32.3 Å². The molecular weight excluding hydrogens is 259 g/mol. The number of hydrogen-bond acceptors (Lipinski definition) is 2. The first-order valence-electron chi connectivity index (χ1n) is 5.62. The molecule has 92 valence electrons. The Labute approximate surface area is 111 Å². The van der Waals surface area contributed by atoms with Crippen molar-refractivity contribution in [2.75, 3.05) is 25.0 Å². The van der Waals surface area contributed by atoms with Crippen LogP contribution in [0, 0.1) is 0 Å². The fourth-order valence-electron chi connectivity index (χ4n) is 1.97. The zero-order valence-corrected chi connectivity index (χ0v) is 10.9. The Balaban J connectivity index is 1.92. The first-order valence-corrected chi connectivity index (χ1v) is 6.37. The maximum Gasteiger partial charge on any atom is 0.238 e. The van der Waals surface area contributed by atoms with E-state index in [9.17, 15) is 4.79 Å². The van der Waals surface area contributed by atoms with Crippen LogP contribution in [0.15, 0.2) is 18.2 Å². The molecular formula is C12H14Cl2N2O. The summed E-state index contributed by atoms with van der Waals surface area (Å²) >= 11 is 11.7. The molecule has 5 heteroatoms. The molecule has 0 unspecified atom stereocenters. The van der Waals surface area contributed by atoms with Gasteiger partial charge in [-0.25, -0.2) is 0 Å². The molecule has 0 aliphatic carbocycles. The maximum absolute atomic E-state index is 11.8. The van der Waals surface area contributed by atoms with E-state index in [1.807, 2.05) is 0 Å². The van der Waals surface area contributed by atoms with Crippen molar-refractivity contribution in [3.05, 3.63) is 28.2 Å².